The molecule has 0 saturated heterocycles. The number of hydrogen-bond acceptors (Lipinski definition) is 0. The Morgan fingerprint density at radius 3 is 1.49 bits per heavy atom. The van der Waals surface area contributed by atoms with Gasteiger partial charge in [-0.3, -0.25) is 0 Å². The molecule has 0 aliphatic heterocycles. The van der Waals surface area contributed by atoms with Crippen LogP contribution in [-0.2, 0) is 0 Å². The Morgan fingerprint density at radius 1 is 0.368 bits per heavy atom. The normalized spacial score (nSPS) is 19.0. The fraction of sp³-hybridized carbons (Fsp3) is 0. The van der Waals surface area contributed by atoms with Crippen LogP contribution >= 0.6 is 0 Å². The first-order valence-corrected chi connectivity index (χ1v) is 19.3. The van der Waals surface area contributed by atoms with Crippen LogP contribution in [0, 0.1) is 0 Å². The summed E-state index contributed by atoms with van der Waals surface area (Å²) in [7, 11) is -6.27. The summed E-state index contributed by atoms with van der Waals surface area (Å²) < 4.78 is 268. The summed E-state index contributed by atoms with van der Waals surface area (Å²) in [4.78, 5) is 0. The summed E-state index contributed by atoms with van der Waals surface area (Å²) in [5.74, 6) is 0. The first-order valence-electron chi connectivity index (χ1n) is 31.8. The van der Waals surface area contributed by atoms with Crippen LogP contribution in [0.2, 0.25) is 0 Å². The molecule has 0 unspecified atom stereocenters. The second kappa shape index (κ2) is 13.5. The van der Waals surface area contributed by atoms with Gasteiger partial charge in [0, 0.05) is 32.9 Å². The lowest BCUT2D eigenvalue weighted by Gasteiger charge is -2.34. The summed E-state index contributed by atoms with van der Waals surface area (Å²) in [5.41, 5.74) is -1.10. The number of hydrogen-bond donors (Lipinski definition) is 0. The molecule has 0 aliphatic rings. The van der Waals surface area contributed by atoms with Crippen LogP contribution in [-0.4, -0.2) is 17.2 Å². The molecule has 0 atom stereocenters. The van der Waals surface area contributed by atoms with Crippen molar-refractivity contribution in [3.8, 4) is 22.5 Å². The van der Waals surface area contributed by atoms with E-state index in [2.05, 4.69) is 0 Å². The molecular weight excluding hydrogens is 705 g/mol. The number of benzene rings is 9. The third-order valence-electron chi connectivity index (χ3n) is 9.90. The third-order valence-corrected chi connectivity index (χ3v) is 13.9. The average molecular weight is 772 g/mol. The van der Waals surface area contributed by atoms with E-state index in [4.69, 9.17) is 20.6 Å². The van der Waals surface area contributed by atoms with Gasteiger partial charge in [0.05, 0.1) is 61.8 Å². The minimum absolute atomic E-state index is 0.0264. The molecule has 11 rings (SSSR count). The Bertz CT molecular complexity index is 4640. The van der Waals surface area contributed by atoms with Crippen molar-refractivity contribution in [2.24, 2.45) is 0 Å². The summed E-state index contributed by atoms with van der Waals surface area (Å²) in [6.07, 6.45) is 0. The van der Waals surface area contributed by atoms with E-state index in [0.717, 1.165) is 0 Å². The van der Waals surface area contributed by atoms with Crippen molar-refractivity contribution in [1.82, 2.24) is 9.13 Å². The predicted octanol–water partition coefficient (Wildman–Crippen LogP) is 10.9. The Balaban J connectivity index is 1.42. The zero-order valence-corrected chi connectivity index (χ0v) is 30.1. The summed E-state index contributed by atoms with van der Waals surface area (Å²) in [6, 6.07) is -14.7. The van der Waals surface area contributed by atoms with Crippen molar-refractivity contribution in [3.63, 3.8) is 0 Å². The van der Waals surface area contributed by atoms with Crippen LogP contribution in [0.4, 0.5) is 0 Å². The molecule has 2 aromatic heterocycles. The number of aromatic nitrogens is 2. The van der Waals surface area contributed by atoms with E-state index in [1.807, 2.05) is 0 Å². The maximum Gasteiger partial charge on any atom is 0.179 e. The molecule has 0 aliphatic carbocycles. The molecule has 0 spiro atoms. The zero-order valence-electron chi connectivity index (χ0n) is 58.1. The van der Waals surface area contributed by atoms with Crippen LogP contribution in [0.3, 0.4) is 0 Å². The first-order chi connectivity index (χ1) is 40.3. The highest BCUT2D eigenvalue weighted by Gasteiger charge is 2.41. The van der Waals surface area contributed by atoms with Gasteiger partial charge in [-0.25, -0.2) is 0 Å². The van der Waals surface area contributed by atoms with Crippen LogP contribution in [0.25, 0.3) is 66.1 Å². The van der Waals surface area contributed by atoms with Crippen LogP contribution in [0.15, 0.2) is 230 Å². The van der Waals surface area contributed by atoms with E-state index in [1.165, 1.54) is 27.3 Å². The Morgan fingerprint density at radius 2 is 0.877 bits per heavy atom. The number of rotatable bonds is 7. The maximum atomic E-state index is 10.5. The summed E-state index contributed by atoms with van der Waals surface area (Å²) in [6.45, 7) is 0. The molecule has 268 valence electrons. The topological polar surface area (TPSA) is 9.86 Å². The molecule has 0 fully saturated rings. The van der Waals surface area contributed by atoms with Gasteiger partial charge >= 0.3 is 0 Å². The molecule has 0 N–H and O–H groups in total. The van der Waals surface area contributed by atoms with E-state index in [0.29, 0.717) is 16.3 Å². The Kier molecular flexibility index (Phi) is 3.57. The van der Waals surface area contributed by atoms with Crippen LogP contribution in [0.5, 0.6) is 0 Å². The first kappa shape index (κ1) is 15.0. The van der Waals surface area contributed by atoms with E-state index in [9.17, 15) is 19.2 Å². The molecule has 11 aromatic rings. The van der Waals surface area contributed by atoms with E-state index in [1.54, 1.807) is 36.4 Å². The highest BCUT2D eigenvalue weighted by Crippen LogP contribution is 2.43. The number of para-hydroxylation sites is 3. The molecular formula is C54H38N2Si. The molecule has 0 saturated carbocycles. The van der Waals surface area contributed by atoms with Crippen molar-refractivity contribution in [3.05, 3.63) is 230 Å². The molecule has 57 heavy (non-hydrogen) atoms. The Labute approximate surface area is 373 Å². The molecule has 0 amide bonds. The second-order valence-corrected chi connectivity index (χ2v) is 16.2. The third kappa shape index (κ3) is 5.17. The van der Waals surface area contributed by atoms with Crippen molar-refractivity contribution in [1.29, 1.82) is 0 Å². The molecule has 3 heteroatoms. The van der Waals surface area contributed by atoms with Gasteiger partial charge in [0.1, 0.15) is 0 Å². The summed E-state index contributed by atoms with van der Waals surface area (Å²) in [5, 5.41) is -3.19. The number of fused-ring (bicyclic) bond motifs is 7. The van der Waals surface area contributed by atoms with Gasteiger partial charge in [0.25, 0.3) is 0 Å². The molecule has 9 aromatic carbocycles. The standard InChI is InChI=1S/C54H38N2Si/c1-6-20-41(21-7-1)55-51-35-33-40(38-49(51)53-52(55)36-34-48-47-31-16-17-32-50(47)56(54(48)53)42-22-8-2-9-23-42)39-19-18-30-46(37-39)57(43-24-10-3-11-25-43,44-26-12-4-13-27-44)45-28-14-5-15-29-45/h1-38H/i1D,2D,3D,4D,5D,6D,7D,8D,9D,10D,11D,12D,13D,14D,15D,18D,19D,20D,21D,22D,23D,24D,25D,26D,27D,28D,29D,30D,37D. The average Bonchev–Trinajstić information content (AvgIpc) is 0.816. The van der Waals surface area contributed by atoms with E-state index < -0.39 is 215 Å². The monoisotopic (exact) mass is 771 g/mol. The highest BCUT2D eigenvalue weighted by molar-refractivity contribution is 7.19. The largest absolute Gasteiger partial charge is 0.309 e. The lowest BCUT2D eigenvalue weighted by atomic mass is 10.0. The van der Waals surface area contributed by atoms with Crippen LogP contribution < -0.4 is 20.7 Å². The lowest BCUT2D eigenvalue weighted by Crippen LogP contribution is -2.74. The van der Waals surface area contributed by atoms with Crippen molar-refractivity contribution < 1.29 is 39.8 Å². The maximum absolute atomic E-state index is 10.5. The van der Waals surface area contributed by atoms with Gasteiger partial charge < -0.3 is 9.13 Å². The van der Waals surface area contributed by atoms with Gasteiger partial charge in [-0.05, 0) is 80.3 Å². The quantitative estimate of drug-likeness (QED) is 0.113. The van der Waals surface area contributed by atoms with Gasteiger partial charge in [-0.2, -0.15) is 0 Å². The predicted molar refractivity (Wildman–Crippen MR) is 244 cm³/mol. The van der Waals surface area contributed by atoms with Crippen molar-refractivity contribution >= 4 is 72.4 Å². The van der Waals surface area contributed by atoms with Crippen LogP contribution in [0.1, 0.15) is 39.8 Å². The molecule has 2 heterocycles. The zero-order chi connectivity index (χ0) is 63.0. The molecule has 0 radical (unpaired) electrons. The minimum atomic E-state index is -6.27. The molecule has 0 bridgehead atoms. The molecule has 2 nitrogen and oxygen atoms in total. The number of nitrogens with zero attached hydrogens (tertiary/aromatic N) is 2. The second-order valence-electron chi connectivity index (χ2n) is 12.7. The van der Waals surface area contributed by atoms with Gasteiger partial charge in [-0.15, -0.1) is 0 Å². The van der Waals surface area contributed by atoms with Gasteiger partial charge in [0.2, 0.25) is 0 Å². The lowest BCUT2D eigenvalue weighted by molar-refractivity contribution is 1.17. The van der Waals surface area contributed by atoms with Gasteiger partial charge in [0.15, 0.2) is 8.07 Å². The van der Waals surface area contributed by atoms with Gasteiger partial charge in [-0.1, -0.05) is 181 Å². The minimum Gasteiger partial charge on any atom is -0.309 e. The highest BCUT2D eigenvalue weighted by atomic mass is 28.3. The SMILES string of the molecule is [2H]c1c([2H])c([2H])c(-n2c3ccc(-c4c([2H])c([2H])c([2H])c([Si](c5c([2H])c([2H])c([2H])c([2H])c5[2H])(c5c([2H])c([2H])c([2H])c([2H])c5[2H])c5c([2H])c([2H])c([2H])c([2H])c5[2H])c4[2H])cc3c3c2ccc2c4ccccc4n(-c4c([2H])c([2H])c([2H])c([2H])c4[2H])c23)c([2H])c1[2H]. The Hall–Kier alpha value is -7.20. The fourth-order valence-electron chi connectivity index (χ4n) is 7.64. The summed E-state index contributed by atoms with van der Waals surface area (Å²) >= 11 is 0. The fourth-order valence-corrected chi connectivity index (χ4v) is 11.2. The van der Waals surface area contributed by atoms with E-state index >= 15 is 0 Å². The van der Waals surface area contributed by atoms with Crippen molar-refractivity contribution in [2.75, 3.05) is 0 Å². The smallest absolute Gasteiger partial charge is 0.179 e. The van der Waals surface area contributed by atoms with Crippen molar-refractivity contribution in [2.45, 2.75) is 0 Å². The van der Waals surface area contributed by atoms with E-state index in [-0.39, 0.29) is 38.6 Å².